The number of fused-ring (bicyclic) bond motifs is 1. The van der Waals surface area contributed by atoms with Crippen LogP contribution in [0.1, 0.15) is 24.0 Å². The lowest BCUT2D eigenvalue weighted by Gasteiger charge is -2.17. The smallest absolute Gasteiger partial charge is 0.278 e. The summed E-state index contributed by atoms with van der Waals surface area (Å²) in [5.74, 6) is 0.0983. The van der Waals surface area contributed by atoms with Crippen molar-refractivity contribution in [3.05, 3.63) is 63.9 Å². The highest BCUT2D eigenvalue weighted by molar-refractivity contribution is 5.82. The van der Waals surface area contributed by atoms with E-state index in [9.17, 15) is 9.90 Å². The summed E-state index contributed by atoms with van der Waals surface area (Å²) < 4.78 is 3.41. The minimum absolute atomic E-state index is 0.0892. The lowest BCUT2D eigenvalue weighted by Crippen LogP contribution is -2.27. The molecule has 128 valence electrons. The Morgan fingerprint density at radius 2 is 1.56 bits per heavy atom. The second kappa shape index (κ2) is 5.96. The maximum absolute atomic E-state index is 13.0. The molecule has 0 unspecified atom stereocenters. The summed E-state index contributed by atoms with van der Waals surface area (Å²) in [5.41, 5.74) is 5.45. The lowest BCUT2D eigenvalue weighted by molar-refractivity contribution is 0.305. The summed E-state index contributed by atoms with van der Waals surface area (Å²) in [6.07, 6.45) is 1.97. The van der Waals surface area contributed by atoms with Gasteiger partial charge in [-0.2, -0.15) is 0 Å². The molecule has 1 N–H and O–H groups in total. The van der Waals surface area contributed by atoms with Crippen molar-refractivity contribution in [1.82, 2.24) is 9.36 Å². The lowest BCUT2D eigenvalue weighted by atomic mass is 9.90. The third-order valence-electron chi connectivity index (χ3n) is 5.21. The number of aromatic hydroxyl groups is 1. The van der Waals surface area contributed by atoms with Crippen LogP contribution >= 0.6 is 0 Å². The Kier molecular flexibility index (Phi) is 3.75. The molecule has 25 heavy (non-hydrogen) atoms. The van der Waals surface area contributed by atoms with E-state index in [0.29, 0.717) is 18.7 Å². The van der Waals surface area contributed by atoms with Crippen molar-refractivity contribution in [1.29, 1.82) is 0 Å². The Bertz CT molecular complexity index is 997. The van der Waals surface area contributed by atoms with Gasteiger partial charge in [-0.3, -0.25) is 9.48 Å². The number of nitrogens with zero attached hydrogens (tertiary/aromatic N) is 2. The van der Waals surface area contributed by atoms with Crippen LogP contribution in [0.4, 0.5) is 0 Å². The first kappa shape index (κ1) is 15.8. The van der Waals surface area contributed by atoms with E-state index in [1.54, 1.807) is 9.36 Å². The molecule has 0 aliphatic carbocycles. The summed E-state index contributed by atoms with van der Waals surface area (Å²) >= 11 is 0. The van der Waals surface area contributed by atoms with Crippen LogP contribution in [-0.2, 0) is 13.1 Å². The molecule has 1 aromatic heterocycles. The number of hydrogen-bond acceptors (Lipinski definition) is 2. The number of aryl methyl sites for hydroxylation is 1. The monoisotopic (exact) mass is 334 g/mol. The maximum Gasteiger partial charge on any atom is 0.278 e. The van der Waals surface area contributed by atoms with Gasteiger partial charge in [0.2, 0.25) is 5.88 Å². The summed E-state index contributed by atoms with van der Waals surface area (Å²) in [4.78, 5) is 13.0. The second-order valence-corrected chi connectivity index (χ2v) is 6.75. The number of rotatable bonds is 2. The zero-order valence-corrected chi connectivity index (χ0v) is 14.6. The molecule has 4 rings (SSSR count). The van der Waals surface area contributed by atoms with Crippen LogP contribution < -0.4 is 5.56 Å². The Morgan fingerprint density at radius 3 is 2.24 bits per heavy atom. The van der Waals surface area contributed by atoms with Gasteiger partial charge in [0.15, 0.2) is 0 Å². The minimum Gasteiger partial charge on any atom is -0.493 e. The molecule has 0 saturated heterocycles. The number of benzene rings is 2. The molecule has 0 saturated carbocycles. The SMILES string of the molecule is Cc1ccc(-c2ccccc2)c(C)c1-c1c(O)n2n(c1=O)CCCC2. The summed E-state index contributed by atoms with van der Waals surface area (Å²) in [7, 11) is 0. The van der Waals surface area contributed by atoms with Crippen LogP contribution in [0.25, 0.3) is 22.3 Å². The van der Waals surface area contributed by atoms with Crippen molar-refractivity contribution in [2.45, 2.75) is 39.8 Å². The number of hydrogen-bond donors (Lipinski definition) is 1. The van der Waals surface area contributed by atoms with Gasteiger partial charge >= 0.3 is 0 Å². The van der Waals surface area contributed by atoms with Crippen LogP contribution in [0.2, 0.25) is 0 Å². The predicted octanol–water partition coefficient (Wildman–Crippen LogP) is 4.10. The molecule has 4 nitrogen and oxygen atoms in total. The van der Waals surface area contributed by atoms with Gasteiger partial charge in [-0.05, 0) is 54.5 Å². The van der Waals surface area contributed by atoms with E-state index in [1.165, 1.54) is 0 Å². The Balaban J connectivity index is 1.99. The van der Waals surface area contributed by atoms with Gasteiger partial charge in [0.05, 0.1) is 0 Å². The first-order chi connectivity index (χ1) is 12.1. The standard InChI is InChI=1S/C21H22N2O2/c1-14-10-11-17(16-8-4-3-5-9-16)15(2)18(14)19-20(24)22-12-6-7-13-23(22)21(19)25/h3-5,8-11,24H,6-7,12-13H2,1-2H3. The van der Waals surface area contributed by atoms with Crippen molar-refractivity contribution in [2.24, 2.45) is 0 Å². The summed E-state index contributed by atoms with van der Waals surface area (Å²) in [6.45, 7) is 5.39. The third kappa shape index (κ3) is 2.40. The van der Waals surface area contributed by atoms with Crippen LogP contribution in [0.15, 0.2) is 47.3 Å². The van der Waals surface area contributed by atoms with Crippen molar-refractivity contribution in [3.8, 4) is 28.1 Å². The highest BCUT2D eigenvalue weighted by Crippen LogP contribution is 2.37. The fourth-order valence-corrected chi connectivity index (χ4v) is 3.93. The largest absolute Gasteiger partial charge is 0.493 e. The van der Waals surface area contributed by atoms with Gasteiger partial charge in [0.1, 0.15) is 5.56 Å². The summed E-state index contributed by atoms with van der Waals surface area (Å²) in [5, 5.41) is 10.8. The number of aromatic nitrogens is 2. The quantitative estimate of drug-likeness (QED) is 0.767. The molecule has 0 spiro atoms. The van der Waals surface area contributed by atoms with E-state index >= 15 is 0 Å². The molecular weight excluding hydrogens is 312 g/mol. The normalized spacial score (nSPS) is 13.7. The molecule has 2 heterocycles. The van der Waals surface area contributed by atoms with E-state index in [1.807, 2.05) is 38.1 Å². The Morgan fingerprint density at radius 1 is 0.880 bits per heavy atom. The molecule has 0 atom stereocenters. The second-order valence-electron chi connectivity index (χ2n) is 6.75. The minimum atomic E-state index is -0.0892. The fourth-order valence-electron chi connectivity index (χ4n) is 3.93. The van der Waals surface area contributed by atoms with Crippen LogP contribution in [0.3, 0.4) is 0 Å². The van der Waals surface area contributed by atoms with E-state index in [4.69, 9.17) is 0 Å². The topological polar surface area (TPSA) is 47.2 Å². The first-order valence-corrected chi connectivity index (χ1v) is 8.78. The zero-order valence-electron chi connectivity index (χ0n) is 14.6. The Labute approximate surface area is 147 Å². The van der Waals surface area contributed by atoms with Gasteiger partial charge in [-0.15, -0.1) is 0 Å². The molecule has 3 aromatic rings. The molecule has 0 radical (unpaired) electrons. The molecule has 0 fully saturated rings. The van der Waals surface area contributed by atoms with Gasteiger partial charge in [-0.25, -0.2) is 4.68 Å². The molecule has 4 heteroatoms. The van der Waals surface area contributed by atoms with E-state index in [-0.39, 0.29) is 11.4 Å². The highest BCUT2D eigenvalue weighted by Gasteiger charge is 2.25. The average molecular weight is 334 g/mol. The zero-order chi connectivity index (χ0) is 17.6. The summed E-state index contributed by atoms with van der Waals surface area (Å²) in [6, 6.07) is 14.3. The first-order valence-electron chi connectivity index (χ1n) is 8.78. The van der Waals surface area contributed by atoms with Gasteiger partial charge < -0.3 is 5.11 Å². The predicted molar refractivity (Wildman–Crippen MR) is 99.9 cm³/mol. The van der Waals surface area contributed by atoms with Gasteiger partial charge in [0.25, 0.3) is 5.56 Å². The van der Waals surface area contributed by atoms with Gasteiger partial charge in [0, 0.05) is 13.1 Å². The van der Waals surface area contributed by atoms with Crippen molar-refractivity contribution in [3.63, 3.8) is 0 Å². The highest BCUT2D eigenvalue weighted by atomic mass is 16.3. The molecular formula is C21H22N2O2. The van der Waals surface area contributed by atoms with E-state index in [2.05, 4.69) is 18.2 Å². The van der Waals surface area contributed by atoms with Crippen molar-refractivity contribution in [2.75, 3.05) is 0 Å². The molecule has 2 aromatic carbocycles. The maximum atomic E-state index is 13.0. The Hall–Kier alpha value is -2.75. The van der Waals surface area contributed by atoms with Crippen LogP contribution in [0, 0.1) is 13.8 Å². The van der Waals surface area contributed by atoms with E-state index in [0.717, 1.165) is 40.7 Å². The average Bonchev–Trinajstić information content (AvgIpc) is 2.88. The molecule has 0 amide bonds. The molecule has 0 bridgehead atoms. The molecule has 1 aliphatic rings. The van der Waals surface area contributed by atoms with Crippen molar-refractivity contribution >= 4 is 0 Å². The third-order valence-corrected chi connectivity index (χ3v) is 5.21. The molecule has 1 aliphatic heterocycles. The van der Waals surface area contributed by atoms with E-state index < -0.39 is 0 Å². The van der Waals surface area contributed by atoms with Crippen LogP contribution in [0.5, 0.6) is 5.88 Å². The fraction of sp³-hybridized carbons (Fsp3) is 0.286. The van der Waals surface area contributed by atoms with Gasteiger partial charge in [-0.1, -0.05) is 42.5 Å². The van der Waals surface area contributed by atoms with Crippen molar-refractivity contribution < 1.29 is 5.11 Å². The van der Waals surface area contributed by atoms with Crippen LogP contribution in [-0.4, -0.2) is 14.5 Å².